The lowest BCUT2D eigenvalue weighted by Gasteiger charge is -2.41. The molecule has 3 N–H and O–H groups in total. The standard InChI is InChI=1S/C35H41FN4O4S2/c36-30-10-7-25(21-29(30)23-11-17-44-18-12-23)34-38-31(27-3-1-2-4-28(27)33(41)39-35(22-37)13-14-35)32(45-34)24-5-8-26(9-6-24)40-15-19-46(42,43)20-16-40/h5-10,21,23,27-28,42-43H,1-4,11-20H2,(H,39,41)/t27-,28-/m1/s1. The van der Waals surface area contributed by atoms with Crippen LogP contribution in [0.5, 0.6) is 0 Å². The lowest BCUT2D eigenvalue weighted by molar-refractivity contribution is -0.127. The first-order chi connectivity index (χ1) is 22.2. The van der Waals surface area contributed by atoms with Gasteiger partial charge in [0, 0.05) is 49.4 Å². The molecule has 2 saturated carbocycles. The summed E-state index contributed by atoms with van der Waals surface area (Å²) in [5, 5.41) is 13.5. The van der Waals surface area contributed by atoms with E-state index in [9.17, 15) is 19.2 Å². The average molecular weight is 665 g/mol. The molecule has 4 aliphatic rings. The number of halogens is 1. The van der Waals surface area contributed by atoms with E-state index < -0.39 is 16.1 Å². The van der Waals surface area contributed by atoms with Gasteiger partial charge in [-0.2, -0.15) is 15.9 Å². The van der Waals surface area contributed by atoms with E-state index in [1.165, 1.54) is 0 Å². The summed E-state index contributed by atoms with van der Waals surface area (Å²) in [6.45, 7) is 2.46. The maximum atomic E-state index is 15.1. The zero-order chi connectivity index (χ0) is 31.9. The topological polar surface area (TPSA) is 119 Å². The summed E-state index contributed by atoms with van der Waals surface area (Å²) in [7, 11) is -2.48. The largest absolute Gasteiger partial charge is 0.381 e. The van der Waals surface area contributed by atoms with Crippen LogP contribution in [-0.4, -0.2) is 63.3 Å². The second-order valence-corrected chi connectivity index (χ2v) is 16.7. The fourth-order valence-corrected chi connectivity index (χ4v) is 9.58. The van der Waals surface area contributed by atoms with Gasteiger partial charge >= 0.3 is 0 Å². The third-order valence-electron chi connectivity index (χ3n) is 10.2. The third kappa shape index (κ3) is 6.56. The summed E-state index contributed by atoms with van der Waals surface area (Å²) in [6, 6.07) is 15.9. The van der Waals surface area contributed by atoms with Crippen molar-refractivity contribution in [2.45, 2.75) is 68.7 Å². The summed E-state index contributed by atoms with van der Waals surface area (Å²) in [5.41, 5.74) is 3.81. The molecular formula is C35H41FN4O4S2. The van der Waals surface area contributed by atoms with Gasteiger partial charge in [0.1, 0.15) is 16.4 Å². The minimum Gasteiger partial charge on any atom is -0.381 e. The minimum atomic E-state index is -2.48. The molecule has 2 aromatic carbocycles. The predicted octanol–water partition coefficient (Wildman–Crippen LogP) is 7.53. The zero-order valence-electron chi connectivity index (χ0n) is 25.9. The smallest absolute Gasteiger partial charge is 0.225 e. The monoisotopic (exact) mass is 664 g/mol. The fourth-order valence-electron chi connectivity index (χ4n) is 7.21. The Morgan fingerprint density at radius 2 is 1.74 bits per heavy atom. The molecule has 0 radical (unpaired) electrons. The highest BCUT2D eigenvalue weighted by Gasteiger charge is 2.47. The summed E-state index contributed by atoms with van der Waals surface area (Å²) in [6.07, 6.45) is 6.52. The molecule has 3 heterocycles. The van der Waals surface area contributed by atoms with Gasteiger partial charge in [-0.3, -0.25) is 13.9 Å². The number of anilines is 1. The third-order valence-corrected chi connectivity index (χ3v) is 13.1. The maximum absolute atomic E-state index is 15.1. The number of hydrogen-bond donors (Lipinski definition) is 3. The Kier molecular flexibility index (Phi) is 8.85. The van der Waals surface area contributed by atoms with Crippen molar-refractivity contribution < 1.29 is 23.0 Å². The van der Waals surface area contributed by atoms with Crippen molar-refractivity contribution in [1.29, 1.82) is 5.26 Å². The molecule has 1 aromatic heterocycles. The molecular weight excluding hydrogens is 624 g/mol. The molecule has 0 bridgehead atoms. The molecule has 8 nitrogen and oxygen atoms in total. The van der Waals surface area contributed by atoms with Gasteiger partial charge in [-0.05, 0) is 85.9 Å². The Balaban J connectivity index is 1.25. The second kappa shape index (κ2) is 12.9. The molecule has 3 aromatic rings. The molecule has 2 aliphatic carbocycles. The molecule has 46 heavy (non-hydrogen) atoms. The van der Waals surface area contributed by atoms with Gasteiger partial charge in [0.05, 0.1) is 28.1 Å². The van der Waals surface area contributed by atoms with Crippen LogP contribution in [0, 0.1) is 23.1 Å². The van der Waals surface area contributed by atoms with Crippen LogP contribution in [0.25, 0.3) is 21.0 Å². The van der Waals surface area contributed by atoms with Crippen molar-refractivity contribution in [2.24, 2.45) is 5.92 Å². The van der Waals surface area contributed by atoms with Crippen LogP contribution >= 0.6 is 21.9 Å². The van der Waals surface area contributed by atoms with Crippen molar-refractivity contribution >= 4 is 33.5 Å². The number of carbonyl (C=O) groups is 1. The number of nitriles is 1. The van der Waals surface area contributed by atoms with Crippen LogP contribution in [0.1, 0.15) is 74.5 Å². The minimum absolute atomic E-state index is 0.0562. The van der Waals surface area contributed by atoms with E-state index in [1.54, 1.807) is 17.4 Å². The van der Waals surface area contributed by atoms with Gasteiger partial charge < -0.3 is 15.0 Å². The number of rotatable bonds is 7. The highest BCUT2D eigenvalue weighted by atomic mass is 32.3. The molecule has 244 valence electrons. The van der Waals surface area contributed by atoms with Crippen molar-refractivity contribution in [1.82, 2.24) is 10.3 Å². The molecule has 1 amide bonds. The first-order valence-electron chi connectivity index (χ1n) is 16.4. The maximum Gasteiger partial charge on any atom is 0.225 e. The van der Waals surface area contributed by atoms with Crippen molar-refractivity contribution in [3.05, 3.63) is 59.5 Å². The first kappa shape index (κ1) is 31.6. The predicted molar refractivity (Wildman–Crippen MR) is 181 cm³/mol. The van der Waals surface area contributed by atoms with Gasteiger partial charge in [-0.15, -0.1) is 11.3 Å². The van der Waals surface area contributed by atoms with E-state index >= 15 is 4.39 Å². The molecule has 2 atom stereocenters. The fraction of sp³-hybridized carbons (Fsp3) is 0.514. The molecule has 0 unspecified atom stereocenters. The van der Waals surface area contributed by atoms with Crippen LogP contribution in [-0.2, 0) is 9.53 Å². The van der Waals surface area contributed by atoms with E-state index in [0.29, 0.717) is 56.2 Å². The van der Waals surface area contributed by atoms with Crippen LogP contribution in [0.2, 0.25) is 0 Å². The van der Waals surface area contributed by atoms with Gasteiger partial charge in [-0.1, -0.05) is 25.0 Å². The number of thiazole rings is 1. The lowest BCUT2D eigenvalue weighted by Crippen LogP contribution is -2.42. The number of carbonyl (C=O) groups excluding carboxylic acids is 1. The molecule has 2 saturated heterocycles. The van der Waals surface area contributed by atoms with E-state index in [0.717, 1.165) is 70.9 Å². The number of hydrogen-bond acceptors (Lipinski definition) is 8. The number of nitrogens with zero attached hydrogens (tertiary/aromatic N) is 3. The van der Waals surface area contributed by atoms with Crippen LogP contribution < -0.4 is 10.2 Å². The Bertz CT molecular complexity index is 1620. The highest BCUT2D eigenvalue weighted by Crippen LogP contribution is 2.47. The number of benzene rings is 2. The molecule has 2 aliphatic heterocycles. The van der Waals surface area contributed by atoms with Crippen LogP contribution in [0.15, 0.2) is 42.5 Å². The summed E-state index contributed by atoms with van der Waals surface area (Å²) < 4.78 is 40.8. The lowest BCUT2D eigenvalue weighted by atomic mass is 9.76. The van der Waals surface area contributed by atoms with E-state index in [1.807, 2.05) is 12.1 Å². The van der Waals surface area contributed by atoms with Gasteiger partial charge in [0.15, 0.2) is 0 Å². The van der Waals surface area contributed by atoms with Crippen molar-refractivity contribution in [2.75, 3.05) is 42.7 Å². The van der Waals surface area contributed by atoms with Crippen molar-refractivity contribution in [3.8, 4) is 27.1 Å². The van der Waals surface area contributed by atoms with Gasteiger partial charge in [0.25, 0.3) is 0 Å². The molecule has 11 heteroatoms. The Morgan fingerprint density at radius 1 is 1.04 bits per heavy atom. The van der Waals surface area contributed by atoms with Crippen LogP contribution in [0.3, 0.4) is 0 Å². The normalized spacial score (nSPS) is 25.0. The van der Waals surface area contributed by atoms with E-state index in [-0.39, 0.29) is 29.5 Å². The average Bonchev–Trinajstić information content (AvgIpc) is 3.72. The Labute approximate surface area is 275 Å². The highest BCUT2D eigenvalue weighted by molar-refractivity contribution is 8.24. The van der Waals surface area contributed by atoms with Crippen LogP contribution in [0.4, 0.5) is 10.1 Å². The van der Waals surface area contributed by atoms with Gasteiger partial charge in [0.2, 0.25) is 5.91 Å². The van der Waals surface area contributed by atoms with Gasteiger partial charge in [-0.25, -0.2) is 9.37 Å². The zero-order valence-corrected chi connectivity index (χ0v) is 27.6. The summed E-state index contributed by atoms with van der Waals surface area (Å²) in [4.78, 5) is 22.1. The molecule has 0 spiro atoms. The van der Waals surface area contributed by atoms with E-state index in [2.05, 4.69) is 40.6 Å². The summed E-state index contributed by atoms with van der Waals surface area (Å²) in [5.74, 6) is 0.250. The number of nitrogens with one attached hydrogen (secondary N) is 1. The number of aromatic nitrogens is 1. The van der Waals surface area contributed by atoms with Crippen molar-refractivity contribution in [3.63, 3.8) is 0 Å². The molecule has 7 rings (SSSR count). The van der Waals surface area contributed by atoms with E-state index in [4.69, 9.17) is 9.72 Å². The quantitative estimate of drug-likeness (QED) is 0.239. The SMILES string of the molecule is N#CC1(NC(=O)[C@@H]2CCCC[C@H]2c2nc(-c3ccc(F)c(C4CCOCC4)c3)sc2-c2ccc(N3CCS(O)(O)CC3)cc2)CC1. The summed E-state index contributed by atoms with van der Waals surface area (Å²) >= 11 is 1.59. The first-order valence-corrected chi connectivity index (χ1v) is 19.1. The second-order valence-electron chi connectivity index (χ2n) is 13.3. The Morgan fingerprint density at radius 3 is 2.43 bits per heavy atom. The Hall–Kier alpha value is -3.01. The number of amides is 1. The molecule has 4 fully saturated rings. The number of ether oxygens (including phenoxy) is 1.